The molecule has 2 N–H and O–H groups in total. The smallest absolute Gasteiger partial charge is 0.231 e. The Morgan fingerprint density at radius 2 is 2.20 bits per heavy atom. The lowest BCUT2D eigenvalue weighted by Gasteiger charge is -2.11. The normalized spacial score (nSPS) is 15.1. The van der Waals surface area contributed by atoms with Gasteiger partial charge in [-0.3, -0.25) is 4.79 Å². The van der Waals surface area contributed by atoms with Crippen molar-refractivity contribution in [1.82, 2.24) is 0 Å². The molecule has 5 heteroatoms. The number of halogens is 1. The van der Waals surface area contributed by atoms with Gasteiger partial charge in [0.25, 0.3) is 0 Å². The number of ether oxygens (including phenoxy) is 2. The maximum Gasteiger partial charge on any atom is 0.231 e. The van der Waals surface area contributed by atoms with Crippen LogP contribution in [-0.4, -0.2) is 13.1 Å². The minimum Gasteiger partial charge on any atom is -0.453 e. The lowest BCUT2D eigenvalue weighted by atomic mass is 10.0. The van der Waals surface area contributed by atoms with Crippen molar-refractivity contribution in [3.05, 3.63) is 21.7 Å². The van der Waals surface area contributed by atoms with Crippen LogP contribution < -0.4 is 15.2 Å². The second kappa shape index (κ2) is 3.83. The molecular weight excluding hydrogens is 262 g/mol. The van der Waals surface area contributed by atoms with Crippen LogP contribution in [0.25, 0.3) is 0 Å². The summed E-state index contributed by atoms with van der Waals surface area (Å²) >= 11 is 3.31. The molecule has 1 aromatic carbocycles. The Morgan fingerprint density at radius 1 is 1.53 bits per heavy atom. The minimum absolute atomic E-state index is 0.131. The molecule has 0 aliphatic carbocycles. The predicted octanol–water partition coefficient (Wildman–Crippen LogP) is 2.01. The van der Waals surface area contributed by atoms with E-state index in [-0.39, 0.29) is 12.8 Å². The van der Waals surface area contributed by atoms with E-state index >= 15 is 0 Å². The van der Waals surface area contributed by atoms with Gasteiger partial charge in [0.1, 0.15) is 0 Å². The Balaban J connectivity index is 2.67. The first-order valence-corrected chi connectivity index (χ1v) is 5.27. The van der Waals surface area contributed by atoms with Crippen LogP contribution in [0.3, 0.4) is 0 Å². The van der Waals surface area contributed by atoms with Gasteiger partial charge in [0.2, 0.25) is 6.79 Å². The third-order valence-corrected chi connectivity index (χ3v) is 2.92. The lowest BCUT2D eigenvalue weighted by molar-refractivity contribution is 0.111. The van der Waals surface area contributed by atoms with Crippen LogP contribution in [-0.2, 0) is 0 Å². The second-order valence-electron chi connectivity index (χ2n) is 3.33. The molecule has 0 saturated carbocycles. The third-order valence-electron chi connectivity index (χ3n) is 2.27. The van der Waals surface area contributed by atoms with E-state index < -0.39 is 0 Å². The summed E-state index contributed by atoms with van der Waals surface area (Å²) in [6.07, 6.45) is 0.739. The number of benzene rings is 1. The molecule has 1 atom stereocenters. The molecule has 1 aliphatic rings. The first kappa shape index (κ1) is 10.4. The van der Waals surface area contributed by atoms with E-state index in [1.807, 2.05) is 6.92 Å². The summed E-state index contributed by atoms with van der Waals surface area (Å²) in [5.41, 5.74) is 7.10. The highest BCUT2D eigenvalue weighted by Gasteiger charge is 2.25. The van der Waals surface area contributed by atoms with E-state index in [4.69, 9.17) is 15.2 Å². The molecule has 1 aliphatic heterocycles. The van der Waals surface area contributed by atoms with Crippen LogP contribution in [0.4, 0.5) is 0 Å². The number of rotatable bonds is 2. The highest BCUT2D eigenvalue weighted by atomic mass is 79.9. The fraction of sp³-hybridized carbons (Fsp3) is 0.300. The summed E-state index contributed by atoms with van der Waals surface area (Å²) in [6.45, 7) is 1.98. The number of hydrogen-bond donors (Lipinski definition) is 1. The van der Waals surface area contributed by atoms with Gasteiger partial charge in [-0.15, -0.1) is 0 Å². The van der Waals surface area contributed by atoms with Gasteiger partial charge in [-0.1, -0.05) is 0 Å². The molecule has 0 fully saturated rings. The second-order valence-corrected chi connectivity index (χ2v) is 4.19. The zero-order valence-corrected chi connectivity index (χ0v) is 9.71. The molecule has 0 amide bonds. The fourth-order valence-electron chi connectivity index (χ4n) is 1.53. The summed E-state index contributed by atoms with van der Waals surface area (Å²) in [7, 11) is 0. The Kier molecular flexibility index (Phi) is 2.67. The van der Waals surface area contributed by atoms with Gasteiger partial charge >= 0.3 is 0 Å². The van der Waals surface area contributed by atoms with E-state index in [9.17, 15) is 4.79 Å². The van der Waals surface area contributed by atoms with Crippen LogP contribution in [0.5, 0.6) is 11.5 Å². The third kappa shape index (κ3) is 1.61. The summed E-state index contributed by atoms with van der Waals surface area (Å²) in [5, 5.41) is 0. The molecule has 15 heavy (non-hydrogen) atoms. The zero-order valence-electron chi connectivity index (χ0n) is 8.12. The van der Waals surface area contributed by atoms with Gasteiger partial charge in [-0.2, -0.15) is 0 Å². The van der Waals surface area contributed by atoms with E-state index in [1.54, 1.807) is 6.07 Å². The predicted molar refractivity (Wildman–Crippen MR) is 58.3 cm³/mol. The van der Waals surface area contributed by atoms with Gasteiger partial charge in [0.15, 0.2) is 17.8 Å². The largest absolute Gasteiger partial charge is 0.453 e. The Bertz CT molecular complexity index is 418. The number of carbonyl (C=O) groups is 1. The van der Waals surface area contributed by atoms with Crippen molar-refractivity contribution in [2.24, 2.45) is 5.73 Å². The maximum atomic E-state index is 10.9. The average Bonchev–Trinajstić information content (AvgIpc) is 2.64. The van der Waals surface area contributed by atoms with Gasteiger partial charge in [0.05, 0.1) is 5.56 Å². The molecule has 80 valence electrons. The Labute approximate surface area is 95.5 Å². The monoisotopic (exact) mass is 271 g/mol. The highest BCUT2D eigenvalue weighted by molar-refractivity contribution is 9.10. The topological polar surface area (TPSA) is 61.6 Å². The van der Waals surface area contributed by atoms with E-state index in [0.29, 0.717) is 21.5 Å². The number of nitrogens with two attached hydrogens (primary N) is 1. The summed E-state index contributed by atoms with van der Waals surface area (Å²) < 4.78 is 11.2. The zero-order chi connectivity index (χ0) is 11.0. The number of fused-ring (bicyclic) bond motifs is 1. The molecule has 0 saturated heterocycles. The van der Waals surface area contributed by atoms with Gasteiger partial charge < -0.3 is 15.2 Å². The molecule has 0 aromatic heterocycles. The van der Waals surface area contributed by atoms with E-state index in [0.717, 1.165) is 11.8 Å². The van der Waals surface area contributed by atoms with Crippen molar-refractivity contribution in [2.75, 3.05) is 6.79 Å². The Morgan fingerprint density at radius 3 is 2.80 bits per heavy atom. The minimum atomic E-state index is -0.169. The number of aldehydes is 1. The van der Waals surface area contributed by atoms with Crippen LogP contribution in [0, 0.1) is 0 Å². The van der Waals surface area contributed by atoms with Crippen molar-refractivity contribution in [2.45, 2.75) is 13.0 Å². The molecule has 4 nitrogen and oxygen atoms in total. The first-order chi connectivity index (χ1) is 7.15. The summed E-state index contributed by atoms with van der Waals surface area (Å²) in [4.78, 5) is 10.9. The fourth-order valence-corrected chi connectivity index (χ4v) is 2.05. The summed E-state index contributed by atoms with van der Waals surface area (Å²) in [6, 6.07) is 1.62. The standard InChI is InChI=1S/C10H10BrNO3/c1-5(12)6-2-8(11)7(3-13)10-9(6)14-4-15-10/h2-3,5H,4,12H2,1H3. The van der Waals surface area contributed by atoms with Gasteiger partial charge in [0, 0.05) is 16.1 Å². The van der Waals surface area contributed by atoms with Crippen molar-refractivity contribution in [1.29, 1.82) is 0 Å². The molecule has 2 rings (SSSR count). The van der Waals surface area contributed by atoms with Crippen molar-refractivity contribution in [3.8, 4) is 11.5 Å². The van der Waals surface area contributed by atoms with E-state index in [2.05, 4.69) is 15.9 Å². The van der Waals surface area contributed by atoms with Crippen LogP contribution in [0.2, 0.25) is 0 Å². The molecule has 1 heterocycles. The first-order valence-electron chi connectivity index (χ1n) is 4.48. The molecule has 0 radical (unpaired) electrons. The van der Waals surface area contributed by atoms with Gasteiger partial charge in [-0.05, 0) is 28.9 Å². The average molecular weight is 272 g/mol. The van der Waals surface area contributed by atoms with E-state index in [1.165, 1.54) is 0 Å². The molecule has 0 spiro atoms. The SMILES string of the molecule is CC(N)c1cc(Br)c(C=O)c2c1OCO2. The van der Waals surface area contributed by atoms with Gasteiger partial charge in [-0.25, -0.2) is 0 Å². The number of carbonyl (C=O) groups excluding carboxylic acids is 1. The Hall–Kier alpha value is -1.07. The number of hydrogen-bond acceptors (Lipinski definition) is 4. The van der Waals surface area contributed by atoms with Crippen molar-refractivity contribution >= 4 is 22.2 Å². The van der Waals surface area contributed by atoms with Crippen LogP contribution >= 0.6 is 15.9 Å². The van der Waals surface area contributed by atoms with Crippen molar-refractivity contribution in [3.63, 3.8) is 0 Å². The molecular formula is C10H10BrNO3. The molecule has 1 aromatic rings. The van der Waals surface area contributed by atoms with Crippen LogP contribution in [0.1, 0.15) is 28.9 Å². The maximum absolute atomic E-state index is 10.9. The van der Waals surface area contributed by atoms with Crippen LogP contribution in [0.15, 0.2) is 10.5 Å². The summed E-state index contributed by atoms with van der Waals surface area (Å²) in [5.74, 6) is 1.06. The lowest BCUT2D eigenvalue weighted by Crippen LogP contribution is -2.06. The molecule has 1 unspecified atom stereocenters. The molecule has 0 bridgehead atoms. The van der Waals surface area contributed by atoms with Crippen molar-refractivity contribution < 1.29 is 14.3 Å². The quantitative estimate of drug-likeness (QED) is 0.836. The highest BCUT2D eigenvalue weighted by Crippen LogP contribution is 2.43.